The normalized spacial score (nSPS) is 22.3. The predicted molar refractivity (Wildman–Crippen MR) is 90.2 cm³/mol. The molecule has 1 saturated heterocycles. The fourth-order valence-corrected chi connectivity index (χ4v) is 3.22. The van der Waals surface area contributed by atoms with Crippen LogP contribution < -0.4 is 5.32 Å². The highest BCUT2D eigenvalue weighted by Gasteiger charge is 2.32. The van der Waals surface area contributed by atoms with Crippen LogP contribution in [0.1, 0.15) is 18.6 Å². The second-order valence-electron chi connectivity index (χ2n) is 6.48. The van der Waals surface area contributed by atoms with Crippen molar-refractivity contribution in [3.63, 3.8) is 0 Å². The van der Waals surface area contributed by atoms with Gasteiger partial charge < -0.3 is 14.5 Å². The zero-order valence-corrected chi connectivity index (χ0v) is 13.4. The van der Waals surface area contributed by atoms with Gasteiger partial charge in [-0.05, 0) is 25.0 Å². The topological polar surface area (TPSA) is 37.6 Å². The standard InChI is InChI=1S/C19H24N2O2/c1-2-4-15(5-3-1)19-9-8-17(23-19)12-20-13-18-14-21(10-11-22-18)16-6-7-16/h1-5,8-9,16,18,20H,6-7,10-14H2. The van der Waals surface area contributed by atoms with Crippen molar-refractivity contribution in [3.05, 3.63) is 48.2 Å². The number of ether oxygens (including phenoxy) is 1. The Kier molecular flexibility index (Phi) is 4.46. The van der Waals surface area contributed by atoms with Crippen LogP contribution in [0, 0.1) is 0 Å². The Morgan fingerprint density at radius 2 is 1.96 bits per heavy atom. The average Bonchev–Trinajstić information content (AvgIpc) is 3.35. The van der Waals surface area contributed by atoms with Gasteiger partial charge in [-0.25, -0.2) is 0 Å². The van der Waals surface area contributed by atoms with Gasteiger partial charge in [0.25, 0.3) is 0 Å². The molecule has 0 spiro atoms. The van der Waals surface area contributed by atoms with Gasteiger partial charge in [0.05, 0.1) is 19.3 Å². The van der Waals surface area contributed by atoms with Gasteiger partial charge in [-0.3, -0.25) is 4.90 Å². The maximum absolute atomic E-state index is 5.91. The Bertz CT molecular complexity index is 621. The van der Waals surface area contributed by atoms with E-state index in [0.717, 1.165) is 55.9 Å². The quantitative estimate of drug-likeness (QED) is 0.890. The SMILES string of the molecule is c1ccc(-c2ccc(CNCC3CN(C4CC4)CCO3)o2)cc1. The van der Waals surface area contributed by atoms with E-state index in [4.69, 9.17) is 9.15 Å². The van der Waals surface area contributed by atoms with Crippen LogP contribution in [0.3, 0.4) is 0 Å². The van der Waals surface area contributed by atoms with Gasteiger partial charge in [0, 0.05) is 31.2 Å². The molecule has 23 heavy (non-hydrogen) atoms. The monoisotopic (exact) mass is 312 g/mol. The number of hydrogen-bond acceptors (Lipinski definition) is 4. The summed E-state index contributed by atoms with van der Waals surface area (Å²) in [5.41, 5.74) is 1.12. The highest BCUT2D eigenvalue weighted by Crippen LogP contribution is 2.28. The Morgan fingerprint density at radius 1 is 1.09 bits per heavy atom. The summed E-state index contributed by atoms with van der Waals surface area (Å²) in [7, 11) is 0. The minimum absolute atomic E-state index is 0.299. The molecule has 4 rings (SSSR count). The molecule has 0 amide bonds. The van der Waals surface area contributed by atoms with Gasteiger partial charge in [0.15, 0.2) is 0 Å². The molecule has 1 aromatic heterocycles. The molecule has 1 aliphatic carbocycles. The van der Waals surface area contributed by atoms with Gasteiger partial charge in [-0.2, -0.15) is 0 Å². The zero-order valence-electron chi connectivity index (χ0n) is 13.4. The number of nitrogens with one attached hydrogen (secondary N) is 1. The summed E-state index contributed by atoms with van der Waals surface area (Å²) in [4.78, 5) is 2.58. The van der Waals surface area contributed by atoms with E-state index in [9.17, 15) is 0 Å². The van der Waals surface area contributed by atoms with Crippen molar-refractivity contribution >= 4 is 0 Å². The number of benzene rings is 1. The fraction of sp³-hybridized carbons (Fsp3) is 0.474. The molecule has 4 nitrogen and oxygen atoms in total. The van der Waals surface area contributed by atoms with Crippen molar-refractivity contribution in [1.29, 1.82) is 0 Å². The highest BCUT2D eigenvalue weighted by atomic mass is 16.5. The first-order valence-corrected chi connectivity index (χ1v) is 8.59. The molecule has 2 aromatic rings. The second-order valence-corrected chi connectivity index (χ2v) is 6.48. The molecule has 1 atom stereocenters. The lowest BCUT2D eigenvalue weighted by Gasteiger charge is -2.33. The third-order valence-corrected chi connectivity index (χ3v) is 4.62. The highest BCUT2D eigenvalue weighted by molar-refractivity contribution is 5.57. The van der Waals surface area contributed by atoms with E-state index in [2.05, 4.69) is 22.3 Å². The number of hydrogen-bond donors (Lipinski definition) is 1. The van der Waals surface area contributed by atoms with E-state index >= 15 is 0 Å². The van der Waals surface area contributed by atoms with Gasteiger partial charge in [0.2, 0.25) is 0 Å². The molecule has 2 heterocycles. The Balaban J connectivity index is 1.26. The van der Waals surface area contributed by atoms with E-state index in [1.165, 1.54) is 12.8 Å². The van der Waals surface area contributed by atoms with Crippen molar-refractivity contribution in [2.75, 3.05) is 26.2 Å². The van der Waals surface area contributed by atoms with Crippen molar-refractivity contribution in [1.82, 2.24) is 10.2 Å². The lowest BCUT2D eigenvalue weighted by Crippen LogP contribution is -2.47. The summed E-state index contributed by atoms with van der Waals surface area (Å²) >= 11 is 0. The first kappa shape index (κ1) is 14.9. The smallest absolute Gasteiger partial charge is 0.134 e. The van der Waals surface area contributed by atoms with E-state index in [1.807, 2.05) is 30.3 Å². The van der Waals surface area contributed by atoms with Crippen LogP contribution in [0.5, 0.6) is 0 Å². The number of nitrogens with zero attached hydrogens (tertiary/aromatic N) is 1. The van der Waals surface area contributed by atoms with Crippen LogP contribution in [0.25, 0.3) is 11.3 Å². The lowest BCUT2D eigenvalue weighted by molar-refractivity contribution is -0.0302. The van der Waals surface area contributed by atoms with Crippen molar-refractivity contribution in [2.45, 2.75) is 31.5 Å². The van der Waals surface area contributed by atoms with E-state index in [0.29, 0.717) is 6.10 Å². The van der Waals surface area contributed by atoms with E-state index in [1.54, 1.807) is 0 Å². The Labute approximate surface area is 137 Å². The summed E-state index contributed by atoms with van der Waals surface area (Å²) in [5.74, 6) is 1.90. The third-order valence-electron chi connectivity index (χ3n) is 4.62. The molecule has 4 heteroatoms. The molecular weight excluding hydrogens is 288 g/mol. The minimum Gasteiger partial charge on any atom is -0.460 e. The largest absolute Gasteiger partial charge is 0.460 e. The molecule has 2 aliphatic rings. The molecule has 0 radical (unpaired) electrons. The number of furan rings is 1. The first-order valence-electron chi connectivity index (χ1n) is 8.59. The minimum atomic E-state index is 0.299. The molecule has 1 aromatic carbocycles. The van der Waals surface area contributed by atoms with Crippen molar-refractivity contribution in [2.24, 2.45) is 0 Å². The van der Waals surface area contributed by atoms with Crippen LogP contribution >= 0.6 is 0 Å². The molecule has 122 valence electrons. The summed E-state index contributed by atoms with van der Waals surface area (Å²) < 4.78 is 11.8. The summed E-state index contributed by atoms with van der Waals surface area (Å²) in [6.07, 6.45) is 3.04. The van der Waals surface area contributed by atoms with E-state index < -0.39 is 0 Å². The van der Waals surface area contributed by atoms with Crippen LogP contribution in [-0.2, 0) is 11.3 Å². The maximum atomic E-state index is 5.91. The van der Waals surface area contributed by atoms with Crippen molar-refractivity contribution in [3.8, 4) is 11.3 Å². The van der Waals surface area contributed by atoms with Crippen LogP contribution in [0.2, 0.25) is 0 Å². The fourth-order valence-electron chi connectivity index (χ4n) is 3.22. The first-order chi connectivity index (χ1) is 11.4. The molecule has 1 aliphatic heterocycles. The second kappa shape index (κ2) is 6.87. The van der Waals surface area contributed by atoms with Gasteiger partial charge in [-0.15, -0.1) is 0 Å². The molecule has 2 fully saturated rings. The van der Waals surface area contributed by atoms with Crippen LogP contribution in [-0.4, -0.2) is 43.3 Å². The van der Waals surface area contributed by atoms with Gasteiger partial charge in [-0.1, -0.05) is 30.3 Å². The molecule has 1 N–H and O–H groups in total. The van der Waals surface area contributed by atoms with Gasteiger partial charge >= 0.3 is 0 Å². The number of morpholine rings is 1. The van der Waals surface area contributed by atoms with E-state index in [-0.39, 0.29) is 0 Å². The molecule has 1 unspecified atom stereocenters. The molecule has 1 saturated carbocycles. The predicted octanol–water partition coefficient (Wildman–Crippen LogP) is 2.90. The summed E-state index contributed by atoms with van der Waals surface area (Å²) in [6, 6.07) is 15.1. The maximum Gasteiger partial charge on any atom is 0.134 e. The average molecular weight is 312 g/mol. The summed E-state index contributed by atoms with van der Waals surface area (Å²) in [6.45, 7) is 4.65. The lowest BCUT2D eigenvalue weighted by atomic mass is 10.2. The zero-order chi connectivity index (χ0) is 15.5. The molecule has 0 bridgehead atoms. The Morgan fingerprint density at radius 3 is 2.78 bits per heavy atom. The van der Waals surface area contributed by atoms with Crippen molar-refractivity contribution < 1.29 is 9.15 Å². The van der Waals surface area contributed by atoms with Crippen LogP contribution in [0.4, 0.5) is 0 Å². The Hall–Kier alpha value is -1.62. The number of rotatable bonds is 6. The summed E-state index contributed by atoms with van der Waals surface area (Å²) in [5, 5.41) is 3.47. The van der Waals surface area contributed by atoms with Crippen LogP contribution in [0.15, 0.2) is 46.9 Å². The molecular formula is C19H24N2O2. The van der Waals surface area contributed by atoms with Gasteiger partial charge in [0.1, 0.15) is 11.5 Å². The third kappa shape index (κ3) is 3.83.